The van der Waals surface area contributed by atoms with Crippen LogP contribution < -0.4 is 5.56 Å². The van der Waals surface area contributed by atoms with Gasteiger partial charge in [-0.15, -0.1) is 0 Å². The van der Waals surface area contributed by atoms with Gasteiger partial charge in [-0.2, -0.15) is 5.10 Å². The first-order valence-electron chi connectivity index (χ1n) is 9.84. The summed E-state index contributed by atoms with van der Waals surface area (Å²) in [4.78, 5) is 46.2. The van der Waals surface area contributed by atoms with Gasteiger partial charge >= 0.3 is 0 Å². The Bertz CT molecular complexity index is 1020. The molecule has 2 amide bonds. The number of nitrogens with zero attached hydrogens (tertiary/aromatic N) is 6. The predicted molar refractivity (Wildman–Crippen MR) is 105 cm³/mol. The minimum Gasteiger partial charge on any atom is -0.347 e. The lowest BCUT2D eigenvalue weighted by Gasteiger charge is -2.46. The maximum atomic E-state index is 13.0. The summed E-state index contributed by atoms with van der Waals surface area (Å²) >= 11 is 0. The van der Waals surface area contributed by atoms with Gasteiger partial charge in [-0.3, -0.25) is 19.0 Å². The molecular formula is C20H26N6O3. The molecule has 0 saturated carbocycles. The molecule has 4 heterocycles. The SMILES string of the molecule is Cc1nc(C)n(CC(=O)N2C[C@H]3C[C@@H](C2)[C@H](C(=O)N(C)C)n2c3cccc2=O)n1. The van der Waals surface area contributed by atoms with Crippen LogP contribution in [0.1, 0.15) is 35.7 Å². The van der Waals surface area contributed by atoms with E-state index in [1.54, 1.807) is 36.3 Å². The average molecular weight is 398 g/mol. The molecule has 1 fully saturated rings. The third-order valence-electron chi connectivity index (χ3n) is 5.94. The van der Waals surface area contributed by atoms with Crippen LogP contribution in [0.15, 0.2) is 23.0 Å². The molecule has 0 unspecified atom stereocenters. The van der Waals surface area contributed by atoms with E-state index in [1.165, 1.54) is 11.0 Å². The highest BCUT2D eigenvalue weighted by Crippen LogP contribution is 2.41. The monoisotopic (exact) mass is 398 g/mol. The lowest BCUT2D eigenvalue weighted by atomic mass is 9.78. The summed E-state index contributed by atoms with van der Waals surface area (Å²) in [5.41, 5.74) is 0.671. The summed E-state index contributed by atoms with van der Waals surface area (Å²) in [7, 11) is 3.40. The van der Waals surface area contributed by atoms with E-state index in [4.69, 9.17) is 0 Å². The van der Waals surface area contributed by atoms with E-state index in [-0.39, 0.29) is 35.8 Å². The quantitative estimate of drug-likeness (QED) is 0.743. The third kappa shape index (κ3) is 3.34. The second-order valence-corrected chi connectivity index (χ2v) is 8.19. The second kappa shape index (κ2) is 7.13. The molecule has 2 bridgehead atoms. The molecule has 2 aromatic rings. The molecule has 2 aliphatic heterocycles. The fourth-order valence-electron chi connectivity index (χ4n) is 4.66. The topological polar surface area (TPSA) is 93.3 Å². The number of carbonyl (C=O) groups is 2. The standard InChI is InChI=1S/C20H26N6O3/c1-12-21-13(2)25(22-12)11-18(28)24-9-14-8-15(10-24)19(20(29)23(3)4)26-16(14)6-5-7-17(26)27/h5-7,14-15,19H,8-11H2,1-4H3/t14-,15+,19-/m1/s1. The van der Waals surface area contributed by atoms with E-state index in [0.29, 0.717) is 24.7 Å². The van der Waals surface area contributed by atoms with E-state index in [9.17, 15) is 14.4 Å². The van der Waals surface area contributed by atoms with E-state index in [0.717, 1.165) is 12.1 Å². The zero-order valence-electron chi connectivity index (χ0n) is 17.2. The summed E-state index contributed by atoms with van der Waals surface area (Å²) in [6.45, 7) is 4.74. The number of fused-ring (bicyclic) bond motifs is 4. The number of likely N-dealkylation sites (tertiary alicyclic amines) is 1. The lowest BCUT2D eigenvalue weighted by molar-refractivity contribution is -0.141. The van der Waals surface area contributed by atoms with Crippen molar-refractivity contribution in [3.8, 4) is 0 Å². The first kappa shape index (κ1) is 19.4. The number of carbonyl (C=O) groups excluding carboxylic acids is 2. The smallest absolute Gasteiger partial charge is 0.251 e. The highest BCUT2D eigenvalue weighted by atomic mass is 16.2. The maximum absolute atomic E-state index is 13.0. The fourth-order valence-corrected chi connectivity index (χ4v) is 4.66. The Morgan fingerprint density at radius 3 is 2.62 bits per heavy atom. The fraction of sp³-hybridized carbons (Fsp3) is 0.550. The van der Waals surface area contributed by atoms with Crippen LogP contribution in [0.5, 0.6) is 0 Å². The Hall–Kier alpha value is -2.97. The molecule has 0 spiro atoms. The zero-order chi connectivity index (χ0) is 20.9. The first-order valence-corrected chi connectivity index (χ1v) is 9.84. The molecule has 1 saturated heterocycles. The van der Waals surface area contributed by atoms with Crippen LogP contribution >= 0.6 is 0 Å². The van der Waals surface area contributed by atoms with Crippen molar-refractivity contribution in [2.75, 3.05) is 27.2 Å². The molecule has 0 aliphatic carbocycles. The number of aromatic nitrogens is 4. The minimum atomic E-state index is -0.587. The van der Waals surface area contributed by atoms with Gasteiger partial charge in [-0.05, 0) is 26.3 Å². The van der Waals surface area contributed by atoms with Crippen LogP contribution in [0.2, 0.25) is 0 Å². The maximum Gasteiger partial charge on any atom is 0.251 e. The van der Waals surface area contributed by atoms with Gasteiger partial charge in [0.2, 0.25) is 11.8 Å². The molecule has 9 nitrogen and oxygen atoms in total. The Morgan fingerprint density at radius 1 is 1.21 bits per heavy atom. The van der Waals surface area contributed by atoms with Crippen molar-refractivity contribution in [3.63, 3.8) is 0 Å². The first-order chi connectivity index (χ1) is 13.8. The Labute approximate surface area is 168 Å². The molecule has 29 heavy (non-hydrogen) atoms. The van der Waals surface area contributed by atoms with Crippen molar-refractivity contribution in [1.29, 1.82) is 0 Å². The summed E-state index contributed by atoms with van der Waals surface area (Å²) in [6.07, 6.45) is 0.791. The molecule has 0 aromatic carbocycles. The zero-order valence-corrected chi connectivity index (χ0v) is 17.2. The molecule has 9 heteroatoms. The molecule has 0 radical (unpaired) electrons. The second-order valence-electron chi connectivity index (χ2n) is 8.19. The number of likely N-dealkylation sites (N-methyl/N-ethyl adjacent to an activating group) is 1. The number of piperidine rings is 1. The molecule has 0 N–H and O–H groups in total. The molecule has 4 rings (SSSR count). The van der Waals surface area contributed by atoms with Gasteiger partial charge in [-0.25, -0.2) is 9.67 Å². The normalized spacial score (nSPS) is 22.9. The predicted octanol–water partition coefficient (Wildman–Crippen LogP) is 0.332. The van der Waals surface area contributed by atoms with Crippen molar-refractivity contribution in [2.45, 2.75) is 38.8 Å². The van der Waals surface area contributed by atoms with Crippen molar-refractivity contribution in [1.82, 2.24) is 29.1 Å². The van der Waals surface area contributed by atoms with E-state index >= 15 is 0 Å². The van der Waals surface area contributed by atoms with E-state index in [1.807, 2.05) is 17.9 Å². The Balaban J connectivity index is 1.66. The number of rotatable bonds is 3. The van der Waals surface area contributed by atoms with E-state index in [2.05, 4.69) is 10.1 Å². The largest absolute Gasteiger partial charge is 0.347 e. The summed E-state index contributed by atoms with van der Waals surface area (Å²) in [5.74, 6) is 1.12. The molecule has 3 atom stereocenters. The van der Waals surface area contributed by atoms with E-state index < -0.39 is 6.04 Å². The number of aryl methyl sites for hydroxylation is 2. The third-order valence-corrected chi connectivity index (χ3v) is 5.94. The number of amides is 2. The average Bonchev–Trinajstić information content (AvgIpc) is 2.99. The highest BCUT2D eigenvalue weighted by molar-refractivity contribution is 5.81. The van der Waals surface area contributed by atoms with Crippen LogP contribution in [-0.2, 0) is 16.1 Å². The van der Waals surface area contributed by atoms with Gasteiger partial charge in [-0.1, -0.05) is 6.07 Å². The van der Waals surface area contributed by atoms with Gasteiger partial charge in [0.25, 0.3) is 5.56 Å². The summed E-state index contributed by atoms with van der Waals surface area (Å²) in [6, 6.07) is 4.54. The van der Waals surface area contributed by atoms with Crippen LogP contribution in [0.4, 0.5) is 0 Å². The van der Waals surface area contributed by atoms with Crippen LogP contribution in [0.3, 0.4) is 0 Å². The van der Waals surface area contributed by atoms with Crippen molar-refractivity contribution in [3.05, 3.63) is 45.9 Å². The number of hydrogen-bond acceptors (Lipinski definition) is 5. The van der Waals surface area contributed by atoms with Crippen molar-refractivity contribution < 1.29 is 9.59 Å². The van der Waals surface area contributed by atoms with Gasteiger partial charge < -0.3 is 9.80 Å². The van der Waals surface area contributed by atoms with Gasteiger partial charge in [0.05, 0.1) is 0 Å². The molecule has 2 aromatic heterocycles. The Morgan fingerprint density at radius 2 is 1.97 bits per heavy atom. The van der Waals surface area contributed by atoms with Gasteiger partial charge in [0, 0.05) is 50.8 Å². The van der Waals surface area contributed by atoms with Gasteiger partial charge in [0.15, 0.2) is 0 Å². The highest BCUT2D eigenvalue weighted by Gasteiger charge is 2.45. The molecule has 2 aliphatic rings. The van der Waals surface area contributed by atoms with Crippen molar-refractivity contribution >= 4 is 11.8 Å². The Kier molecular flexibility index (Phi) is 4.76. The number of pyridine rings is 1. The molecular weight excluding hydrogens is 372 g/mol. The van der Waals surface area contributed by atoms with Crippen molar-refractivity contribution in [2.24, 2.45) is 5.92 Å². The molecule has 154 valence electrons. The minimum absolute atomic E-state index is 0.0383. The summed E-state index contributed by atoms with van der Waals surface area (Å²) < 4.78 is 3.26. The summed E-state index contributed by atoms with van der Waals surface area (Å²) in [5, 5.41) is 4.28. The van der Waals surface area contributed by atoms with Crippen LogP contribution in [0, 0.1) is 19.8 Å². The van der Waals surface area contributed by atoms with Gasteiger partial charge in [0.1, 0.15) is 24.2 Å². The lowest BCUT2D eigenvalue weighted by Crippen LogP contribution is -2.54. The van der Waals surface area contributed by atoms with Crippen LogP contribution in [-0.4, -0.2) is 68.1 Å². The number of hydrogen-bond donors (Lipinski definition) is 0. The van der Waals surface area contributed by atoms with Crippen LogP contribution in [0.25, 0.3) is 0 Å².